The van der Waals surface area contributed by atoms with Gasteiger partial charge < -0.3 is 5.11 Å². The van der Waals surface area contributed by atoms with Gasteiger partial charge in [0.2, 0.25) is 0 Å². The lowest BCUT2D eigenvalue weighted by atomic mass is 10.0. The maximum atomic E-state index is 9.65. The zero-order valence-electron chi connectivity index (χ0n) is 6.90. The van der Waals surface area contributed by atoms with E-state index in [9.17, 15) is 5.11 Å². The summed E-state index contributed by atoms with van der Waals surface area (Å²) in [6.45, 7) is 0. The Morgan fingerprint density at radius 1 is 1.25 bits per heavy atom. The van der Waals surface area contributed by atoms with Gasteiger partial charge in [0, 0.05) is 0 Å². The van der Waals surface area contributed by atoms with Crippen LogP contribution in [-0.2, 0) is 6.42 Å². The molecule has 1 aliphatic carbocycles. The van der Waals surface area contributed by atoms with Gasteiger partial charge in [-0.3, -0.25) is 0 Å². The van der Waals surface area contributed by atoms with E-state index in [0.29, 0.717) is 0 Å². The Morgan fingerprint density at radius 3 is 3.00 bits per heavy atom. The van der Waals surface area contributed by atoms with Gasteiger partial charge in [0.25, 0.3) is 0 Å². The van der Waals surface area contributed by atoms with Crippen LogP contribution < -0.4 is 0 Å². The lowest BCUT2D eigenvalue weighted by molar-refractivity contribution is 0.228. The maximum Gasteiger partial charge on any atom is 0.0974 e. The number of aliphatic hydroxyl groups excluding tert-OH is 1. The third-order valence-corrected chi connectivity index (χ3v) is 2.27. The van der Waals surface area contributed by atoms with Gasteiger partial charge in [0.15, 0.2) is 0 Å². The van der Waals surface area contributed by atoms with Crippen molar-refractivity contribution < 1.29 is 5.11 Å². The Morgan fingerprint density at radius 2 is 2.08 bits per heavy atom. The second-order valence-corrected chi connectivity index (χ2v) is 3.11. The Labute approximate surface area is 72.4 Å². The van der Waals surface area contributed by atoms with E-state index in [4.69, 9.17) is 0 Å². The van der Waals surface area contributed by atoms with E-state index < -0.39 is 6.10 Å². The lowest BCUT2D eigenvalue weighted by Crippen LogP contribution is -1.96. The molecule has 1 aromatic carbocycles. The van der Waals surface area contributed by atoms with Crippen molar-refractivity contribution in [3.63, 3.8) is 0 Å². The molecule has 0 unspecified atom stereocenters. The molecule has 0 spiro atoms. The quantitative estimate of drug-likeness (QED) is 0.577. The molecule has 1 nitrogen and oxygen atoms in total. The Kier molecular flexibility index (Phi) is 1.96. The van der Waals surface area contributed by atoms with Crippen LogP contribution in [0.5, 0.6) is 0 Å². The van der Waals surface area contributed by atoms with Crippen molar-refractivity contribution in [2.75, 3.05) is 0 Å². The van der Waals surface area contributed by atoms with Crippen LogP contribution in [-0.4, -0.2) is 5.11 Å². The van der Waals surface area contributed by atoms with Gasteiger partial charge in [-0.05, 0) is 24.0 Å². The van der Waals surface area contributed by atoms with Crippen molar-refractivity contribution >= 4 is 0 Å². The van der Waals surface area contributed by atoms with E-state index in [1.807, 2.05) is 30.4 Å². The summed E-state index contributed by atoms with van der Waals surface area (Å²) in [4.78, 5) is 0. The second kappa shape index (κ2) is 3.11. The number of hydrogen-bond acceptors (Lipinski definition) is 1. The summed E-state index contributed by atoms with van der Waals surface area (Å²) >= 11 is 0. The van der Waals surface area contributed by atoms with E-state index in [0.717, 1.165) is 18.4 Å². The first kappa shape index (κ1) is 7.56. The van der Waals surface area contributed by atoms with Crippen molar-refractivity contribution in [3.05, 3.63) is 47.5 Å². The van der Waals surface area contributed by atoms with Crippen LogP contribution in [0, 0.1) is 0 Å². The summed E-state index contributed by atoms with van der Waals surface area (Å²) in [5, 5.41) is 9.65. The molecule has 0 aromatic heterocycles. The number of rotatable bonds is 0. The molecule has 0 aliphatic heterocycles. The monoisotopic (exact) mass is 160 g/mol. The zero-order valence-corrected chi connectivity index (χ0v) is 6.90. The molecule has 0 radical (unpaired) electrons. The van der Waals surface area contributed by atoms with Gasteiger partial charge in [-0.25, -0.2) is 0 Å². The molecule has 1 aromatic rings. The minimum atomic E-state index is -0.399. The number of fused-ring (bicyclic) bond motifs is 1. The van der Waals surface area contributed by atoms with E-state index in [1.165, 1.54) is 5.56 Å². The van der Waals surface area contributed by atoms with Gasteiger partial charge in [-0.1, -0.05) is 36.4 Å². The number of aryl methyl sites for hydroxylation is 1. The van der Waals surface area contributed by atoms with Gasteiger partial charge in [-0.15, -0.1) is 0 Å². The third kappa shape index (κ3) is 1.28. The van der Waals surface area contributed by atoms with E-state index in [2.05, 4.69) is 6.07 Å². The van der Waals surface area contributed by atoms with Gasteiger partial charge in [0.1, 0.15) is 0 Å². The average molecular weight is 160 g/mol. The summed E-state index contributed by atoms with van der Waals surface area (Å²) in [6.07, 6.45) is 5.59. The summed E-state index contributed by atoms with van der Waals surface area (Å²) in [5.41, 5.74) is 2.33. The van der Waals surface area contributed by atoms with E-state index >= 15 is 0 Å². The van der Waals surface area contributed by atoms with Gasteiger partial charge in [0.05, 0.1) is 6.10 Å². The fraction of sp³-hybridized carbons (Fsp3) is 0.273. The SMILES string of the molecule is O[C@@H]1C=CCCc2ccccc21. The van der Waals surface area contributed by atoms with Crippen molar-refractivity contribution in [1.29, 1.82) is 0 Å². The molecule has 0 bridgehead atoms. The fourth-order valence-electron chi connectivity index (χ4n) is 1.62. The van der Waals surface area contributed by atoms with Crippen molar-refractivity contribution in [2.45, 2.75) is 18.9 Å². The summed E-state index contributed by atoms with van der Waals surface area (Å²) in [7, 11) is 0. The first-order chi connectivity index (χ1) is 5.88. The fourth-order valence-corrected chi connectivity index (χ4v) is 1.62. The molecule has 1 N–H and O–H groups in total. The number of benzene rings is 1. The average Bonchev–Trinajstić information content (AvgIpc) is 2.29. The van der Waals surface area contributed by atoms with Crippen LogP contribution in [0.1, 0.15) is 23.7 Å². The lowest BCUT2D eigenvalue weighted by Gasteiger charge is -2.08. The van der Waals surface area contributed by atoms with Gasteiger partial charge >= 0.3 is 0 Å². The van der Waals surface area contributed by atoms with E-state index in [-0.39, 0.29) is 0 Å². The molecule has 1 heteroatoms. The molecule has 12 heavy (non-hydrogen) atoms. The molecule has 1 aliphatic rings. The maximum absolute atomic E-state index is 9.65. The highest BCUT2D eigenvalue weighted by atomic mass is 16.3. The van der Waals surface area contributed by atoms with Crippen LogP contribution in [0.2, 0.25) is 0 Å². The molecule has 0 saturated carbocycles. The Balaban J connectivity index is 2.46. The number of aliphatic hydroxyl groups is 1. The van der Waals surface area contributed by atoms with Crippen LogP contribution in [0.15, 0.2) is 36.4 Å². The first-order valence-electron chi connectivity index (χ1n) is 4.30. The largest absolute Gasteiger partial charge is 0.384 e. The third-order valence-electron chi connectivity index (χ3n) is 2.27. The van der Waals surface area contributed by atoms with Gasteiger partial charge in [-0.2, -0.15) is 0 Å². The van der Waals surface area contributed by atoms with E-state index in [1.54, 1.807) is 0 Å². The van der Waals surface area contributed by atoms with Crippen molar-refractivity contribution in [3.8, 4) is 0 Å². The van der Waals surface area contributed by atoms with Crippen molar-refractivity contribution in [1.82, 2.24) is 0 Å². The number of hydrogen-bond donors (Lipinski definition) is 1. The molecule has 1 atom stereocenters. The predicted octanol–water partition coefficient (Wildman–Crippen LogP) is 2.22. The first-order valence-corrected chi connectivity index (χ1v) is 4.30. The summed E-state index contributed by atoms with van der Waals surface area (Å²) in [6, 6.07) is 8.08. The Bertz CT molecular complexity index is 302. The van der Waals surface area contributed by atoms with Crippen LogP contribution in [0.3, 0.4) is 0 Å². The minimum absolute atomic E-state index is 0.399. The summed E-state index contributed by atoms with van der Waals surface area (Å²) in [5.74, 6) is 0. The number of allylic oxidation sites excluding steroid dienone is 1. The smallest absolute Gasteiger partial charge is 0.0974 e. The molecule has 62 valence electrons. The van der Waals surface area contributed by atoms with Crippen LogP contribution >= 0.6 is 0 Å². The topological polar surface area (TPSA) is 20.2 Å². The molecule has 0 heterocycles. The Hall–Kier alpha value is -1.08. The van der Waals surface area contributed by atoms with Crippen LogP contribution in [0.4, 0.5) is 0 Å². The molecule has 0 saturated heterocycles. The molecule has 0 fully saturated rings. The highest BCUT2D eigenvalue weighted by molar-refractivity contribution is 5.33. The molecule has 0 amide bonds. The second-order valence-electron chi connectivity index (χ2n) is 3.11. The van der Waals surface area contributed by atoms with Crippen LogP contribution in [0.25, 0.3) is 0 Å². The molecular weight excluding hydrogens is 148 g/mol. The minimum Gasteiger partial charge on any atom is -0.384 e. The standard InChI is InChI=1S/C11H12O/c12-11-8-4-2-6-9-5-1-3-7-10(9)11/h1,3-5,7-8,11-12H,2,6H2/t11-/m1/s1. The summed E-state index contributed by atoms with van der Waals surface area (Å²) < 4.78 is 0. The molecule has 2 rings (SSSR count). The highest BCUT2D eigenvalue weighted by Crippen LogP contribution is 2.23. The van der Waals surface area contributed by atoms with Crippen molar-refractivity contribution in [2.24, 2.45) is 0 Å². The highest BCUT2D eigenvalue weighted by Gasteiger charge is 2.10. The normalized spacial score (nSPS) is 21.6. The molecular formula is C11H12O. The predicted molar refractivity (Wildman–Crippen MR) is 48.9 cm³/mol. The zero-order chi connectivity index (χ0) is 8.39.